The average molecular weight is 439 g/mol. The second-order valence-corrected chi connectivity index (χ2v) is 7.37. The van der Waals surface area contributed by atoms with E-state index in [1.54, 1.807) is 24.3 Å². The van der Waals surface area contributed by atoms with E-state index in [4.69, 9.17) is 14.2 Å². The lowest BCUT2D eigenvalue weighted by Crippen LogP contribution is -2.32. The van der Waals surface area contributed by atoms with Crippen molar-refractivity contribution in [2.24, 2.45) is 0 Å². The molecule has 3 aromatic rings. The second-order valence-electron chi connectivity index (χ2n) is 7.37. The summed E-state index contributed by atoms with van der Waals surface area (Å²) in [5.41, 5.74) is 3.40. The van der Waals surface area contributed by atoms with Crippen LogP contribution in [0.4, 0.5) is 0 Å². The summed E-state index contributed by atoms with van der Waals surface area (Å²) in [5.74, 6) is 1.12. The van der Waals surface area contributed by atoms with Gasteiger partial charge >= 0.3 is 0 Å². The van der Waals surface area contributed by atoms with Gasteiger partial charge in [0.1, 0.15) is 5.69 Å². The molecule has 0 atom stereocenters. The number of methoxy groups -OCH3 is 3. The van der Waals surface area contributed by atoms with Gasteiger partial charge in [0, 0.05) is 18.2 Å². The van der Waals surface area contributed by atoms with E-state index in [2.05, 4.69) is 20.6 Å². The maximum atomic E-state index is 12.5. The Hall–Kier alpha value is -3.82. The fourth-order valence-electron chi connectivity index (χ4n) is 3.79. The Morgan fingerprint density at radius 1 is 1.09 bits per heavy atom. The largest absolute Gasteiger partial charge is 0.493 e. The molecule has 10 heteroatoms. The van der Waals surface area contributed by atoms with Crippen LogP contribution in [0.1, 0.15) is 28.2 Å². The SMILES string of the molecule is COc1cc(-c2cc(C(=O)NCCn3nc4c(cc3=O)CCC4)[nH]n2)cc(OC)c1OC. The minimum Gasteiger partial charge on any atom is -0.493 e. The van der Waals surface area contributed by atoms with E-state index in [1.165, 1.54) is 26.0 Å². The quantitative estimate of drug-likeness (QED) is 0.547. The number of benzene rings is 1. The third kappa shape index (κ3) is 4.16. The van der Waals surface area contributed by atoms with Crippen LogP contribution in [0.3, 0.4) is 0 Å². The summed E-state index contributed by atoms with van der Waals surface area (Å²) < 4.78 is 17.5. The minimum atomic E-state index is -0.328. The van der Waals surface area contributed by atoms with Gasteiger partial charge in [-0.3, -0.25) is 14.7 Å². The summed E-state index contributed by atoms with van der Waals surface area (Å²) in [6.45, 7) is 0.564. The number of fused-ring (bicyclic) bond motifs is 1. The highest BCUT2D eigenvalue weighted by Gasteiger charge is 2.18. The Bertz CT molecular complexity index is 1170. The maximum absolute atomic E-state index is 12.5. The van der Waals surface area contributed by atoms with Gasteiger partial charge in [-0.2, -0.15) is 10.2 Å². The Morgan fingerprint density at radius 3 is 2.53 bits per heavy atom. The summed E-state index contributed by atoms with van der Waals surface area (Å²) in [6.07, 6.45) is 2.82. The molecule has 1 aromatic carbocycles. The molecule has 0 radical (unpaired) electrons. The highest BCUT2D eigenvalue weighted by atomic mass is 16.5. The van der Waals surface area contributed by atoms with Gasteiger partial charge in [0.25, 0.3) is 11.5 Å². The number of nitrogens with one attached hydrogen (secondary N) is 2. The predicted molar refractivity (Wildman–Crippen MR) is 117 cm³/mol. The lowest BCUT2D eigenvalue weighted by atomic mass is 10.1. The van der Waals surface area contributed by atoms with Gasteiger partial charge in [-0.15, -0.1) is 0 Å². The first-order valence-electron chi connectivity index (χ1n) is 10.3. The molecule has 32 heavy (non-hydrogen) atoms. The lowest BCUT2D eigenvalue weighted by Gasteiger charge is -2.13. The molecular weight excluding hydrogens is 414 g/mol. The number of ether oxygens (including phenoxy) is 3. The van der Waals surface area contributed by atoms with Crippen LogP contribution in [0.2, 0.25) is 0 Å². The van der Waals surface area contributed by atoms with Crippen molar-refractivity contribution in [2.75, 3.05) is 27.9 Å². The Morgan fingerprint density at radius 2 is 1.84 bits per heavy atom. The lowest BCUT2D eigenvalue weighted by molar-refractivity contribution is 0.0946. The fraction of sp³-hybridized carbons (Fsp3) is 0.364. The van der Waals surface area contributed by atoms with Crippen molar-refractivity contribution in [3.8, 4) is 28.5 Å². The molecule has 168 valence electrons. The van der Waals surface area contributed by atoms with E-state index >= 15 is 0 Å². The van der Waals surface area contributed by atoms with Crippen molar-refractivity contribution in [1.29, 1.82) is 0 Å². The molecule has 1 amide bonds. The molecule has 2 heterocycles. The number of amides is 1. The zero-order valence-electron chi connectivity index (χ0n) is 18.2. The number of aromatic amines is 1. The summed E-state index contributed by atoms with van der Waals surface area (Å²) in [5, 5.41) is 14.2. The number of rotatable bonds is 8. The van der Waals surface area contributed by atoms with Crippen molar-refractivity contribution < 1.29 is 19.0 Å². The van der Waals surface area contributed by atoms with Crippen LogP contribution in [0.25, 0.3) is 11.3 Å². The van der Waals surface area contributed by atoms with Crippen LogP contribution in [0, 0.1) is 0 Å². The van der Waals surface area contributed by atoms with Crippen LogP contribution in [-0.2, 0) is 19.4 Å². The van der Waals surface area contributed by atoms with Crippen LogP contribution in [0.5, 0.6) is 17.2 Å². The van der Waals surface area contributed by atoms with E-state index in [9.17, 15) is 9.59 Å². The number of aromatic nitrogens is 4. The molecular formula is C22H25N5O5. The molecule has 0 saturated carbocycles. The smallest absolute Gasteiger partial charge is 0.269 e. The molecule has 0 aliphatic heterocycles. The maximum Gasteiger partial charge on any atom is 0.269 e. The molecule has 0 bridgehead atoms. The first-order valence-corrected chi connectivity index (χ1v) is 10.3. The Labute approximate surface area is 184 Å². The first-order chi connectivity index (χ1) is 15.5. The molecule has 0 spiro atoms. The van der Waals surface area contributed by atoms with Crippen molar-refractivity contribution in [3.63, 3.8) is 0 Å². The molecule has 10 nitrogen and oxygen atoms in total. The number of carbonyl (C=O) groups excluding carboxylic acids is 1. The topological polar surface area (TPSA) is 120 Å². The van der Waals surface area contributed by atoms with Crippen LogP contribution in [-0.4, -0.2) is 53.8 Å². The zero-order valence-corrected chi connectivity index (χ0v) is 18.2. The third-order valence-corrected chi connectivity index (χ3v) is 5.42. The number of hydrogen-bond acceptors (Lipinski definition) is 7. The van der Waals surface area contributed by atoms with E-state index < -0.39 is 0 Å². The normalized spacial score (nSPS) is 12.3. The fourth-order valence-corrected chi connectivity index (χ4v) is 3.79. The Balaban J connectivity index is 1.44. The third-order valence-electron chi connectivity index (χ3n) is 5.42. The van der Waals surface area contributed by atoms with E-state index in [1.807, 2.05) is 0 Å². The number of aryl methyl sites for hydroxylation is 2. The summed E-state index contributed by atoms with van der Waals surface area (Å²) in [4.78, 5) is 24.7. The van der Waals surface area contributed by atoms with Crippen molar-refractivity contribution in [1.82, 2.24) is 25.3 Å². The molecule has 4 rings (SSSR count). The molecule has 0 fully saturated rings. The minimum absolute atomic E-state index is 0.147. The van der Waals surface area contributed by atoms with Crippen molar-refractivity contribution in [3.05, 3.63) is 51.6 Å². The Kier molecular flexibility index (Phi) is 6.11. The van der Waals surface area contributed by atoms with E-state index in [0.717, 1.165) is 30.5 Å². The monoisotopic (exact) mass is 439 g/mol. The van der Waals surface area contributed by atoms with Crippen molar-refractivity contribution in [2.45, 2.75) is 25.8 Å². The van der Waals surface area contributed by atoms with Crippen LogP contribution < -0.4 is 25.1 Å². The number of hydrogen-bond donors (Lipinski definition) is 2. The molecule has 1 aliphatic rings. The van der Waals surface area contributed by atoms with E-state index in [-0.39, 0.29) is 18.0 Å². The molecule has 0 saturated heterocycles. The highest BCUT2D eigenvalue weighted by molar-refractivity contribution is 5.93. The molecule has 2 N–H and O–H groups in total. The summed E-state index contributed by atoms with van der Waals surface area (Å²) in [7, 11) is 4.60. The van der Waals surface area contributed by atoms with Crippen LogP contribution in [0.15, 0.2) is 29.1 Å². The number of H-pyrrole nitrogens is 1. The first kappa shape index (κ1) is 21.4. The van der Waals surface area contributed by atoms with Crippen LogP contribution >= 0.6 is 0 Å². The molecule has 2 aromatic heterocycles. The summed E-state index contributed by atoms with van der Waals surface area (Å²) >= 11 is 0. The molecule has 1 aliphatic carbocycles. The summed E-state index contributed by atoms with van der Waals surface area (Å²) in [6, 6.07) is 6.79. The van der Waals surface area contributed by atoms with Gasteiger partial charge in [-0.25, -0.2) is 4.68 Å². The van der Waals surface area contributed by atoms with E-state index in [0.29, 0.717) is 40.7 Å². The highest BCUT2D eigenvalue weighted by Crippen LogP contribution is 2.40. The molecule has 0 unspecified atom stereocenters. The average Bonchev–Trinajstić information content (AvgIpc) is 3.47. The van der Waals surface area contributed by atoms with Gasteiger partial charge < -0.3 is 19.5 Å². The number of nitrogens with zero attached hydrogens (tertiary/aromatic N) is 3. The standard InChI is InChI=1S/C22H25N5O5/c1-30-18-9-14(10-19(31-2)21(18)32-3)16-12-17(25-24-16)22(29)23-7-8-27-20(28)11-13-5-4-6-15(13)26-27/h9-12H,4-8H2,1-3H3,(H,23,29)(H,24,25). The zero-order chi connectivity index (χ0) is 22.7. The van der Waals surface area contributed by atoms with Gasteiger partial charge in [0.15, 0.2) is 11.5 Å². The number of carbonyl (C=O) groups is 1. The van der Waals surface area contributed by atoms with Crippen molar-refractivity contribution >= 4 is 5.91 Å². The second kappa shape index (κ2) is 9.13. The predicted octanol–water partition coefficient (Wildman–Crippen LogP) is 1.58. The van der Waals surface area contributed by atoms with Gasteiger partial charge in [0.2, 0.25) is 5.75 Å². The van der Waals surface area contributed by atoms with Gasteiger partial charge in [0.05, 0.1) is 39.3 Å². The van der Waals surface area contributed by atoms with Gasteiger partial charge in [-0.1, -0.05) is 0 Å². The van der Waals surface area contributed by atoms with Gasteiger partial charge in [-0.05, 0) is 43.0 Å².